The predicted octanol–water partition coefficient (Wildman–Crippen LogP) is 6.41. The standard InChI is InChI=1S/C24H33NO4S/c1-5-10-17-15-19(12-7-3)24-20(16-17)25(22(8-4)30(26,27)28)23-18(11-6-2)13-9-14-21(23)29-24/h9,13-16,22H,5-8,10-12H2,1-4H3,(H,26,27,28). The summed E-state index contributed by atoms with van der Waals surface area (Å²) >= 11 is 0. The van der Waals surface area contributed by atoms with Crippen LogP contribution in [-0.2, 0) is 29.4 Å². The number of ether oxygens (including phenoxy) is 1. The highest BCUT2D eigenvalue weighted by Crippen LogP contribution is 2.52. The van der Waals surface area contributed by atoms with E-state index in [9.17, 15) is 13.0 Å². The molecule has 2 aromatic carbocycles. The van der Waals surface area contributed by atoms with Gasteiger partial charge in [-0.2, -0.15) is 8.42 Å². The van der Waals surface area contributed by atoms with Gasteiger partial charge in [0.15, 0.2) is 16.9 Å². The molecule has 5 nitrogen and oxygen atoms in total. The van der Waals surface area contributed by atoms with E-state index in [0.29, 0.717) is 11.5 Å². The third kappa shape index (κ3) is 4.35. The van der Waals surface area contributed by atoms with Crippen LogP contribution in [0.25, 0.3) is 0 Å². The van der Waals surface area contributed by atoms with Crippen molar-refractivity contribution in [2.75, 3.05) is 4.90 Å². The molecule has 0 aromatic heterocycles. The van der Waals surface area contributed by atoms with Gasteiger partial charge in [0.25, 0.3) is 10.1 Å². The molecule has 0 saturated carbocycles. The molecule has 3 rings (SSSR count). The van der Waals surface area contributed by atoms with Gasteiger partial charge in [0.05, 0.1) is 11.4 Å². The molecule has 0 radical (unpaired) electrons. The number of anilines is 2. The minimum absolute atomic E-state index is 0.263. The minimum atomic E-state index is -4.31. The Bertz CT molecular complexity index is 1000. The maximum absolute atomic E-state index is 12.4. The SMILES string of the molecule is CCCc1cc(CCC)c2c(c1)N(C(CC)S(=O)(=O)O)c1c(CCC)cccc1O2. The second-order valence-corrected chi connectivity index (χ2v) is 9.54. The summed E-state index contributed by atoms with van der Waals surface area (Å²) in [6.45, 7) is 8.15. The van der Waals surface area contributed by atoms with Gasteiger partial charge < -0.3 is 9.64 Å². The smallest absolute Gasteiger partial charge is 0.286 e. The average Bonchev–Trinajstić information content (AvgIpc) is 2.68. The summed E-state index contributed by atoms with van der Waals surface area (Å²) in [5, 5.41) is -1.07. The molecule has 1 atom stereocenters. The van der Waals surface area contributed by atoms with Gasteiger partial charge in [0.2, 0.25) is 0 Å². The van der Waals surface area contributed by atoms with E-state index in [1.165, 1.54) is 0 Å². The number of hydrogen-bond donors (Lipinski definition) is 1. The molecule has 2 aromatic rings. The lowest BCUT2D eigenvalue weighted by molar-refractivity contribution is 0.447. The molecular formula is C24H33NO4S. The molecule has 1 aliphatic heterocycles. The number of benzene rings is 2. The summed E-state index contributed by atoms with van der Waals surface area (Å²) in [6, 6.07) is 10.1. The molecule has 0 fully saturated rings. The Balaban J connectivity index is 2.33. The molecule has 164 valence electrons. The van der Waals surface area contributed by atoms with Crippen molar-refractivity contribution in [3.63, 3.8) is 0 Å². The van der Waals surface area contributed by atoms with Gasteiger partial charge in [0, 0.05) is 0 Å². The number of nitrogens with zero attached hydrogens (tertiary/aromatic N) is 1. The Morgan fingerprint density at radius 2 is 1.63 bits per heavy atom. The monoisotopic (exact) mass is 431 g/mol. The van der Waals surface area contributed by atoms with Crippen LogP contribution in [0, 0.1) is 0 Å². The summed E-state index contributed by atoms with van der Waals surface area (Å²) in [5.74, 6) is 1.36. The van der Waals surface area contributed by atoms with Crippen molar-refractivity contribution < 1.29 is 17.7 Å². The fraction of sp³-hybridized carbons (Fsp3) is 0.500. The molecule has 0 saturated heterocycles. The number of rotatable bonds is 9. The number of para-hydroxylation sites is 1. The zero-order chi connectivity index (χ0) is 21.9. The van der Waals surface area contributed by atoms with Gasteiger partial charge in [-0.25, -0.2) is 0 Å². The highest BCUT2D eigenvalue weighted by atomic mass is 32.2. The van der Waals surface area contributed by atoms with Crippen LogP contribution in [0.2, 0.25) is 0 Å². The second kappa shape index (κ2) is 9.40. The Kier molecular flexibility index (Phi) is 7.09. The first kappa shape index (κ1) is 22.6. The van der Waals surface area contributed by atoms with Crippen molar-refractivity contribution in [2.24, 2.45) is 0 Å². The molecular weight excluding hydrogens is 398 g/mol. The molecule has 0 amide bonds. The first-order valence-electron chi connectivity index (χ1n) is 11.1. The molecule has 1 aliphatic rings. The fourth-order valence-electron chi connectivity index (χ4n) is 4.37. The maximum atomic E-state index is 12.4. The van der Waals surface area contributed by atoms with Crippen LogP contribution < -0.4 is 9.64 Å². The van der Waals surface area contributed by atoms with E-state index in [4.69, 9.17) is 4.74 Å². The molecule has 1 heterocycles. The summed E-state index contributed by atoms with van der Waals surface area (Å²) in [4.78, 5) is 1.81. The lowest BCUT2D eigenvalue weighted by atomic mass is 9.97. The lowest BCUT2D eigenvalue weighted by Gasteiger charge is -2.39. The highest BCUT2D eigenvalue weighted by molar-refractivity contribution is 7.86. The van der Waals surface area contributed by atoms with Crippen molar-refractivity contribution in [3.8, 4) is 11.5 Å². The van der Waals surface area contributed by atoms with E-state index in [2.05, 4.69) is 26.8 Å². The zero-order valence-electron chi connectivity index (χ0n) is 18.4. The predicted molar refractivity (Wildman–Crippen MR) is 123 cm³/mol. The topological polar surface area (TPSA) is 66.8 Å². The third-order valence-corrected chi connectivity index (χ3v) is 6.79. The van der Waals surface area contributed by atoms with Crippen LogP contribution >= 0.6 is 0 Å². The summed E-state index contributed by atoms with van der Waals surface area (Å²) in [6.07, 6.45) is 5.71. The normalized spacial score (nSPS) is 14.1. The van der Waals surface area contributed by atoms with Crippen LogP contribution in [0.3, 0.4) is 0 Å². The van der Waals surface area contributed by atoms with E-state index < -0.39 is 15.5 Å². The van der Waals surface area contributed by atoms with E-state index in [-0.39, 0.29) is 6.42 Å². The first-order chi connectivity index (χ1) is 14.3. The van der Waals surface area contributed by atoms with Gasteiger partial charge in [-0.3, -0.25) is 4.55 Å². The average molecular weight is 432 g/mol. The van der Waals surface area contributed by atoms with Crippen molar-refractivity contribution in [2.45, 2.75) is 78.0 Å². The van der Waals surface area contributed by atoms with Crippen LogP contribution in [0.15, 0.2) is 30.3 Å². The molecule has 0 spiro atoms. The second-order valence-electron chi connectivity index (χ2n) is 7.97. The Hall–Kier alpha value is -2.05. The van der Waals surface area contributed by atoms with Crippen molar-refractivity contribution in [1.29, 1.82) is 0 Å². The minimum Gasteiger partial charge on any atom is -0.453 e. The number of aryl methyl sites for hydroxylation is 3. The summed E-state index contributed by atoms with van der Waals surface area (Å²) in [5.41, 5.74) is 4.77. The first-order valence-corrected chi connectivity index (χ1v) is 12.6. The molecule has 30 heavy (non-hydrogen) atoms. The quantitative estimate of drug-likeness (QED) is 0.465. The van der Waals surface area contributed by atoms with Crippen molar-refractivity contribution in [3.05, 3.63) is 47.0 Å². The van der Waals surface area contributed by atoms with Crippen LogP contribution in [0.1, 0.15) is 70.1 Å². The number of hydrogen-bond acceptors (Lipinski definition) is 4. The van der Waals surface area contributed by atoms with Crippen LogP contribution in [0.5, 0.6) is 11.5 Å². The van der Waals surface area contributed by atoms with E-state index in [0.717, 1.165) is 66.6 Å². The highest BCUT2D eigenvalue weighted by Gasteiger charge is 2.38. The Labute approximate surface area is 180 Å². The van der Waals surface area contributed by atoms with Gasteiger partial charge in [-0.1, -0.05) is 65.2 Å². The van der Waals surface area contributed by atoms with Crippen molar-refractivity contribution >= 4 is 21.5 Å². The molecule has 1 N–H and O–H groups in total. The zero-order valence-corrected chi connectivity index (χ0v) is 19.3. The molecule has 6 heteroatoms. The van der Waals surface area contributed by atoms with E-state index in [1.54, 1.807) is 6.92 Å². The van der Waals surface area contributed by atoms with Gasteiger partial charge >= 0.3 is 0 Å². The van der Waals surface area contributed by atoms with Gasteiger partial charge in [0.1, 0.15) is 0 Å². The Morgan fingerprint density at radius 1 is 0.967 bits per heavy atom. The van der Waals surface area contributed by atoms with Crippen LogP contribution in [-0.4, -0.2) is 18.3 Å². The van der Waals surface area contributed by atoms with E-state index >= 15 is 0 Å². The number of fused-ring (bicyclic) bond motifs is 2. The van der Waals surface area contributed by atoms with Crippen LogP contribution in [0.4, 0.5) is 11.4 Å². The van der Waals surface area contributed by atoms with E-state index in [1.807, 2.05) is 29.2 Å². The Morgan fingerprint density at radius 3 is 2.23 bits per heavy atom. The maximum Gasteiger partial charge on any atom is 0.286 e. The molecule has 0 aliphatic carbocycles. The van der Waals surface area contributed by atoms with Gasteiger partial charge in [-0.15, -0.1) is 0 Å². The van der Waals surface area contributed by atoms with Gasteiger partial charge in [-0.05, 0) is 54.5 Å². The largest absolute Gasteiger partial charge is 0.453 e. The third-order valence-electron chi connectivity index (χ3n) is 5.56. The van der Waals surface area contributed by atoms with Crippen molar-refractivity contribution in [1.82, 2.24) is 0 Å². The summed E-state index contributed by atoms with van der Waals surface area (Å²) in [7, 11) is -4.31. The molecule has 1 unspecified atom stereocenters. The lowest BCUT2D eigenvalue weighted by Crippen LogP contribution is -2.39. The fourth-order valence-corrected chi connectivity index (χ4v) is 5.28. The molecule has 0 bridgehead atoms. The summed E-state index contributed by atoms with van der Waals surface area (Å²) < 4.78 is 41.4.